The first-order chi connectivity index (χ1) is 12.4. The number of nitrogens with one attached hydrogen (secondary N) is 1. The molecule has 0 unspecified atom stereocenters. The van der Waals surface area contributed by atoms with Gasteiger partial charge in [-0.15, -0.1) is 10.2 Å². The molecule has 0 radical (unpaired) electrons. The van der Waals surface area contributed by atoms with Crippen LogP contribution in [0.3, 0.4) is 0 Å². The summed E-state index contributed by atoms with van der Waals surface area (Å²) in [6, 6.07) is 11.1. The normalized spacial score (nSPS) is 10.8. The number of hydrogen-bond acceptors (Lipinski definition) is 5. The van der Waals surface area contributed by atoms with Gasteiger partial charge in [0.1, 0.15) is 0 Å². The summed E-state index contributed by atoms with van der Waals surface area (Å²) in [4.78, 5) is 12.4. The highest BCUT2D eigenvalue weighted by Gasteiger charge is 2.14. The summed E-state index contributed by atoms with van der Waals surface area (Å²) in [7, 11) is 0. The maximum Gasteiger partial charge on any atom is 0.258 e. The van der Waals surface area contributed by atoms with Crippen LogP contribution in [0, 0.1) is 10.5 Å². The van der Waals surface area contributed by atoms with Gasteiger partial charge in [-0.05, 0) is 59.3 Å². The van der Waals surface area contributed by atoms with E-state index in [-0.39, 0.29) is 5.91 Å². The number of thioether (sulfide) groups is 1. The van der Waals surface area contributed by atoms with Gasteiger partial charge in [-0.25, -0.2) is 0 Å². The van der Waals surface area contributed by atoms with Gasteiger partial charge in [0.25, 0.3) is 5.91 Å². The van der Waals surface area contributed by atoms with E-state index < -0.39 is 0 Å². The topological polar surface area (TPSA) is 54.9 Å². The summed E-state index contributed by atoms with van der Waals surface area (Å²) in [6.45, 7) is 1.99. The molecular formula is C17H12Cl2IN3OS2. The van der Waals surface area contributed by atoms with Crippen molar-refractivity contribution in [3.05, 3.63) is 66.7 Å². The third-order valence-corrected chi connectivity index (χ3v) is 7.00. The molecule has 1 amide bonds. The summed E-state index contributed by atoms with van der Waals surface area (Å²) in [6.07, 6.45) is 0. The minimum absolute atomic E-state index is 0.198. The summed E-state index contributed by atoms with van der Waals surface area (Å²) in [5, 5.41) is 12.6. The lowest BCUT2D eigenvalue weighted by molar-refractivity contribution is 0.102. The first kappa shape index (κ1) is 19.9. The Kier molecular flexibility index (Phi) is 6.79. The van der Waals surface area contributed by atoms with E-state index >= 15 is 0 Å². The Morgan fingerprint density at radius 2 is 1.96 bits per heavy atom. The van der Waals surface area contributed by atoms with Crippen LogP contribution in [0.2, 0.25) is 10.0 Å². The van der Waals surface area contributed by atoms with E-state index in [1.54, 1.807) is 12.1 Å². The lowest BCUT2D eigenvalue weighted by Crippen LogP contribution is -2.13. The van der Waals surface area contributed by atoms with Crippen molar-refractivity contribution in [3.63, 3.8) is 0 Å². The minimum atomic E-state index is -0.198. The molecule has 0 bridgehead atoms. The number of hydrogen-bond donors (Lipinski definition) is 1. The summed E-state index contributed by atoms with van der Waals surface area (Å²) < 4.78 is 1.63. The molecule has 0 saturated heterocycles. The van der Waals surface area contributed by atoms with Crippen LogP contribution in [0.25, 0.3) is 0 Å². The van der Waals surface area contributed by atoms with Crippen molar-refractivity contribution in [2.45, 2.75) is 17.0 Å². The predicted octanol–water partition coefficient (Wildman–Crippen LogP) is 6.30. The third kappa shape index (κ3) is 4.89. The fourth-order valence-electron chi connectivity index (χ4n) is 2.09. The van der Waals surface area contributed by atoms with Crippen molar-refractivity contribution in [2.75, 3.05) is 5.32 Å². The van der Waals surface area contributed by atoms with E-state index in [1.165, 1.54) is 23.1 Å². The van der Waals surface area contributed by atoms with Crippen molar-refractivity contribution in [2.24, 2.45) is 0 Å². The zero-order chi connectivity index (χ0) is 18.7. The molecule has 26 heavy (non-hydrogen) atoms. The molecule has 0 saturated carbocycles. The number of rotatable bonds is 5. The second kappa shape index (κ2) is 8.88. The van der Waals surface area contributed by atoms with Gasteiger partial charge >= 0.3 is 0 Å². The zero-order valence-corrected chi connectivity index (χ0v) is 18.7. The molecule has 134 valence electrons. The van der Waals surface area contributed by atoms with Crippen LogP contribution < -0.4 is 5.32 Å². The van der Waals surface area contributed by atoms with E-state index in [0.29, 0.717) is 26.5 Å². The summed E-state index contributed by atoms with van der Waals surface area (Å²) in [5.41, 5.74) is 2.58. The number of carbonyl (C=O) groups is 1. The predicted molar refractivity (Wildman–Crippen MR) is 118 cm³/mol. The second-order valence-electron chi connectivity index (χ2n) is 5.30. The lowest BCUT2D eigenvalue weighted by atomic mass is 10.1. The fourth-order valence-corrected chi connectivity index (χ4v) is 5.50. The van der Waals surface area contributed by atoms with Crippen molar-refractivity contribution in [1.29, 1.82) is 0 Å². The van der Waals surface area contributed by atoms with Crippen LogP contribution in [-0.4, -0.2) is 16.1 Å². The van der Waals surface area contributed by atoms with Gasteiger partial charge in [-0.1, -0.05) is 64.0 Å². The fraction of sp³-hybridized carbons (Fsp3) is 0.118. The molecule has 0 fully saturated rings. The number of anilines is 1. The highest BCUT2D eigenvalue weighted by Crippen LogP contribution is 2.33. The number of carbonyl (C=O) groups excluding carboxylic acids is 1. The minimum Gasteiger partial charge on any atom is -0.296 e. The Balaban J connectivity index is 1.65. The highest BCUT2D eigenvalue weighted by atomic mass is 127. The molecule has 3 rings (SSSR count). The molecule has 0 aliphatic rings. The van der Waals surface area contributed by atoms with E-state index in [0.717, 1.165) is 19.0 Å². The van der Waals surface area contributed by atoms with Gasteiger partial charge in [0.15, 0.2) is 4.34 Å². The number of aromatic nitrogens is 2. The maximum absolute atomic E-state index is 12.4. The monoisotopic (exact) mass is 535 g/mol. The standard InChI is InChI=1S/C17H12Cl2IN3OS2/c1-9-5-6-10(14(20)7-9)15(24)21-16-22-23-17(26-16)25-8-11-12(18)3-2-4-13(11)19/h2-7H,8H2,1H3,(H,21,22,24). The molecular weight excluding hydrogens is 524 g/mol. The van der Waals surface area contributed by atoms with E-state index in [4.69, 9.17) is 23.2 Å². The van der Waals surface area contributed by atoms with Crippen LogP contribution in [-0.2, 0) is 5.75 Å². The Hall–Kier alpha value is -0.870. The number of nitrogens with zero attached hydrogens (tertiary/aromatic N) is 2. The van der Waals surface area contributed by atoms with Crippen molar-refractivity contribution in [3.8, 4) is 0 Å². The van der Waals surface area contributed by atoms with Crippen LogP contribution >= 0.6 is 68.9 Å². The van der Waals surface area contributed by atoms with E-state index in [1.807, 2.05) is 31.2 Å². The molecule has 0 aliphatic carbocycles. The number of halogens is 3. The van der Waals surface area contributed by atoms with E-state index in [9.17, 15) is 4.79 Å². The van der Waals surface area contributed by atoms with Gasteiger partial charge in [0.2, 0.25) is 5.13 Å². The smallest absolute Gasteiger partial charge is 0.258 e. The third-order valence-electron chi connectivity index (χ3n) is 3.40. The maximum atomic E-state index is 12.4. The SMILES string of the molecule is Cc1ccc(C(=O)Nc2nnc(SCc3c(Cl)cccc3Cl)s2)c(I)c1. The van der Waals surface area contributed by atoms with Gasteiger partial charge in [-0.2, -0.15) is 0 Å². The quantitative estimate of drug-likeness (QED) is 0.236. The molecule has 0 atom stereocenters. The molecule has 3 aromatic rings. The lowest BCUT2D eigenvalue weighted by Gasteiger charge is -2.05. The molecule has 0 spiro atoms. The van der Waals surface area contributed by atoms with Gasteiger partial charge in [0.05, 0.1) is 5.56 Å². The first-order valence-electron chi connectivity index (χ1n) is 7.40. The molecule has 2 aromatic carbocycles. The van der Waals surface area contributed by atoms with Crippen molar-refractivity contribution < 1.29 is 4.79 Å². The molecule has 9 heteroatoms. The molecule has 4 nitrogen and oxygen atoms in total. The van der Waals surface area contributed by atoms with Crippen LogP contribution in [0.1, 0.15) is 21.5 Å². The summed E-state index contributed by atoms with van der Waals surface area (Å²) in [5.74, 6) is 0.382. The second-order valence-corrected chi connectivity index (χ2v) is 9.48. The Morgan fingerprint density at radius 3 is 2.65 bits per heavy atom. The highest BCUT2D eigenvalue weighted by molar-refractivity contribution is 14.1. The van der Waals surface area contributed by atoms with Gasteiger partial charge in [-0.3, -0.25) is 10.1 Å². The largest absolute Gasteiger partial charge is 0.296 e. The zero-order valence-electron chi connectivity index (χ0n) is 13.4. The van der Waals surface area contributed by atoms with Crippen LogP contribution in [0.4, 0.5) is 5.13 Å². The molecule has 1 aromatic heterocycles. The molecule has 1 heterocycles. The van der Waals surface area contributed by atoms with Crippen molar-refractivity contribution >= 4 is 79.9 Å². The number of amides is 1. The molecule has 1 N–H and O–H groups in total. The van der Waals surface area contributed by atoms with Crippen LogP contribution in [0.15, 0.2) is 40.7 Å². The average Bonchev–Trinajstić information content (AvgIpc) is 3.01. The van der Waals surface area contributed by atoms with Crippen LogP contribution in [0.5, 0.6) is 0 Å². The Morgan fingerprint density at radius 1 is 1.23 bits per heavy atom. The van der Waals surface area contributed by atoms with Crippen molar-refractivity contribution in [1.82, 2.24) is 10.2 Å². The Labute approximate surface area is 182 Å². The summed E-state index contributed by atoms with van der Waals surface area (Å²) >= 11 is 17.3. The Bertz CT molecular complexity index is 945. The number of aryl methyl sites for hydroxylation is 1. The van der Waals surface area contributed by atoms with Gasteiger partial charge in [0, 0.05) is 19.4 Å². The van der Waals surface area contributed by atoms with Gasteiger partial charge < -0.3 is 0 Å². The first-order valence-corrected chi connectivity index (χ1v) is 11.0. The number of benzene rings is 2. The average molecular weight is 536 g/mol. The van der Waals surface area contributed by atoms with E-state index in [2.05, 4.69) is 38.1 Å². The molecule has 0 aliphatic heterocycles.